The molecule has 0 radical (unpaired) electrons. The molecule has 7 heteroatoms. The van der Waals surface area contributed by atoms with E-state index in [9.17, 15) is 0 Å². The summed E-state index contributed by atoms with van der Waals surface area (Å²) in [6, 6.07) is 6.33. The summed E-state index contributed by atoms with van der Waals surface area (Å²) >= 11 is 1.88. The predicted octanol–water partition coefficient (Wildman–Crippen LogP) is 3.25. The van der Waals surface area contributed by atoms with Crippen molar-refractivity contribution >= 4 is 11.8 Å². The molecule has 1 aliphatic rings. The molecule has 6 nitrogen and oxygen atoms in total. The fourth-order valence-electron chi connectivity index (χ4n) is 3.34. The Morgan fingerprint density at radius 1 is 1.38 bits per heavy atom. The third kappa shape index (κ3) is 3.01. The lowest BCUT2D eigenvalue weighted by Crippen LogP contribution is -2.35. The number of H-pyrrole nitrogens is 2. The van der Waals surface area contributed by atoms with Gasteiger partial charge in [-0.25, -0.2) is 4.98 Å². The first-order valence-electron chi connectivity index (χ1n) is 8.18. The van der Waals surface area contributed by atoms with Gasteiger partial charge < -0.3 is 9.40 Å². The Hall–Kier alpha value is -1.99. The Bertz CT molecular complexity index is 779. The van der Waals surface area contributed by atoms with Crippen LogP contribution in [0.2, 0.25) is 0 Å². The predicted molar refractivity (Wildman–Crippen MR) is 94.7 cm³/mol. The first-order chi connectivity index (χ1) is 11.8. The summed E-state index contributed by atoms with van der Waals surface area (Å²) in [5, 5.41) is 6.92. The van der Waals surface area contributed by atoms with Crippen LogP contribution in [0.15, 0.2) is 35.1 Å². The summed E-state index contributed by atoms with van der Waals surface area (Å²) < 4.78 is 6.01. The summed E-state index contributed by atoms with van der Waals surface area (Å²) in [5.41, 5.74) is 3.40. The lowest BCUT2D eigenvalue weighted by atomic mass is 10.0. The second kappa shape index (κ2) is 6.86. The van der Waals surface area contributed by atoms with Crippen LogP contribution in [0.1, 0.15) is 29.6 Å². The van der Waals surface area contributed by atoms with Crippen molar-refractivity contribution < 1.29 is 4.42 Å². The number of nitrogens with one attached hydrogen (secondary N) is 2. The van der Waals surface area contributed by atoms with E-state index in [4.69, 9.17) is 4.42 Å². The maximum Gasteiger partial charge on any atom is 0.152 e. The van der Waals surface area contributed by atoms with E-state index in [-0.39, 0.29) is 0 Å². The summed E-state index contributed by atoms with van der Waals surface area (Å²) in [7, 11) is 0. The fraction of sp³-hybridized carbons (Fsp3) is 0.412. The maximum absolute atomic E-state index is 6.01. The summed E-state index contributed by atoms with van der Waals surface area (Å²) in [6.07, 6.45) is 7.83. The third-order valence-corrected chi connectivity index (χ3v) is 5.18. The van der Waals surface area contributed by atoms with Gasteiger partial charge in [0.15, 0.2) is 5.76 Å². The van der Waals surface area contributed by atoms with Gasteiger partial charge in [0.2, 0.25) is 0 Å². The summed E-state index contributed by atoms with van der Waals surface area (Å²) in [4.78, 5) is 10.4. The van der Waals surface area contributed by atoms with Crippen molar-refractivity contribution in [3.05, 3.63) is 47.9 Å². The average Bonchev–Trinajstić information content (AvgIpc) is 3.33. The zero-order valence-corrected chi connectivity index (χ0v) is 14.5. The Morgan fingerprint density at radius 3 is 3.17 bits per heavy atom. The van der Waals surface area contributed by atoms with Gasteiger partial charge in [-0.1, -0.05) is 0 Å². The molecule has 0 saturated carbocycles. The number of hydrogen-bond donors (Lipinski definition) is 2. The molecule has 0 amide bonds. The molecule has 126 valence electrons. The topological polar surface area (TPSA) is 73.7 Å². The summed E-state index contributed by atoms with van der Waals surface area (Å²) in [6.45, 7) is 1.83. The van der Waals surface area contributed by atoms with Gasteiger partial charge in [-0.2, -0.15) is 16.9 Å². The van der Waals surface area contributed by atoms with Crippen molar-refractivity contribution in [1.82, 2.24) is 25.1 Å². The van der Waals surface area contributed by atoms with Crippen LogP contribution in [-0.2, 0) is 13.0 Å². The number of hydrogen-bond acceptors (Lipinski definition) is 5. The molecule has 0 spiro atoms. The highest BCUT2D eigenvalue weighted by molar-refractivity contribution is 7.98. The second-order valence-corrected chi connectivity index (χ2v) is 7.01. The molecule has 1 atom stereocenters. The third-order valence-electron chi connectivity index (χ3n) is 4.54. The van der Waals surface area contributed by atoms with E-state index in [2.05, 4.69) is 37.4 Å². The van der Waals surface area contributed by atoms with Crippen LogP contribution < -0.4 is 0 Å². The van der Waals surface area contributed by atoms with Crippen LogP contribution in [0, 0.1) is 0 Å². The SMILES string of the molecule is CSCC[C@H]1c2nc[nH]c2CCN1Cc1ccc(-c2ccn[nH]2)o1. The van der Waals surface area contributed by atoms with Crippen molar-refractivity contribution in [2.75, 3.05) is 18.6 Å². The van der Waals surface area contributed by atoms with E-state index in [1.165, 1.54) is 11.4 Å². The molecular weight excluding hydrogens is 322 g/mol. The zero-order chi connectivity index (χ0) is 16.4. The van der Waals surface area contributed by atoms with Gasteiger partial charge in [0.1, 0.15) is 11.5 Å². The molecule has 3 aromatic heterocycles. The standard InChI is InChI=1S/C17H21N5OS/c1-24-9-6-15-17-14(18-11-19-17)5-8-22(15)10-12-2-3-16(23-12)13-4-7-20-21-13/h2-4,7,11,15H,5-6,8-10H2,1H3,(H,18,19)(H,20,21)/t15-/m0/s1. The largest absolute Gasteiger partial charge is 0.458 e. The number of thioether (sulfide) groups is 1. The van der Waals surface area contributed by atoms with Crippen LogP contribution in [0.4, 0.5) is 0 Å². The quantitative estimate of drug-likeness (QED) is 0.719. The van der Waals surface area contributed by atoms with Gasteiger partial charge in [-0.05, 0) is 36.6 Å². The summed E-state index contributed by atoms with van der Waals surface area (Å²) in [5.74, 6) is 2.94. The highest BCUT2D eigenvalue weighted by Crippen LogP contribution is 2.32. The zero-order valence-electron chi connectivity index (χ0n) is 13.7. The van der Waals surface area contributed by atoms with E-state index >= 15 is 0 Å². The van der Waals surface area contributed by atoms with Gasteiger partial charge in [-0.15, -0.1) is 0 Å². The molecule has 0 bridgehead atoms. The Morgan fingerprint density at radius 2 is 2.33 bits per heavy atom. The van der Waals surface area contributed by atoms with E-state index in [0.29, 0.717) is 6.04 Å². The van der Waals surface area contributed by atoms with Crippen molar-refractivity contribution in [2.24, 2.45) is 0 Å². The first-order valence-corrected chi connectivity index (χ1v) is 9.58. The number of nitrogens with zero attached hydrogens (tertiary/aromatic N) is 3. The van der Waals surface area contributed by atoms with Crippen molar-refractivity contribution in [2.45, 2.75) is 25.4 Å². The minimum atomic E-state index is 0.355. The van der Waals surface area contributed by atoms with E-state index < -0.39 is 0 Å². The molecule has 1 aliphatic heterocycles. The number of aromatic amines is 2. The number of furan rings is 1. The lowest BCUT2D eigenvalue weighted by Gasteiger charge is -2.34. The molecule has 0 saturated heterocycles. The minimum Gasteiger partial charge on any atom is -0.458 e. The molecule has 3 aromatic rings. The molecule has 4 heterocycles. The second-order valence-electron chi connectivity index (χ2n) is 6.02. The Balaban J connectivity index is 1.52. The monoisotopic (exact) mass is 343 g/mol. The molecule has 2 N–H and O–H groups in total. The van der Waals surface area contributed by atoms with Crippen LogP contribution in [-0.4, -0.2) is 43.6 Å². The molecule has 0 unspecified atom stereocenters. The van der Waals surface area contributed by atoms with Crippen molar-refractivity contribution in [3.63, 3.8) is 0 Å². The molecule has 0 aliphatic carbocycles. The van der Waals surface area contributed by atoms with E-state index in [1.807, 2.05) is 30.2 Å². The molecular formula is C17H21N5OS. The van der Waals surface area contributed by atoms with Crippen LogP contribution in [0.25, 0.3) is 11.5 Å². The van der Waals surface area contributed by atoms with E-state index in [1.54, 1.807) is 6.20 Å². The van der Waals surface area contributed by atoms with Gasteiger partial charge in [0, 0.05) is 24.9 Å². The number of rotatable bonds is 6. The average molecular weight is 343 g/mol. The molecule has 0 fully saturated rings. The van der Waals surface area contributed by atoms with Crippen molar-refractivity contribution in [1.29, 1.82) is 0 Å². The maximum atomic E-state index is 6.01. The fourth-order valence-corrected chi connectivity index (χ4v) is 3.80. The lowest BCUT2D eigenvalue weighted by molar-refractivity contribution is 0.156. The normalized spacial score (nSPS) is 18.0. The highest BCUT2D eigenvalue weighted by Gasteiger charge is 2.29. The number of imidazole rings is 1. The number of aromatic nitrogens is 4. The Kier molecular flexibility index (Phi) is 4.44. The van der Waals surface area contributed by atoms with Crippen molar-refractivity contribution in [3.8, 4) is 11.5 Å². The van der Waals surface area contributed by atoms with Crippen LogP contribution in [0.5, 0.6) is 0 Å². The Labute approximate surface area is 145 Å². The number of fused-ring (bicyclic) bond motifs is 1. The molecule has 4 rings (SSSR count). The van der Waals surface area contributed by atoms with Gasteiger partial charge in [-0.3, -0.25) is 10.00 Å². The van der Waals surface area contributed by atoms with Crippen LogP contribution in [0.3, 0.4) is 0 Å². The van der Waals surface area contributed by atoms with Gasteiger partial charge in [0.25, 0.3) is 0 Å². The van der Waals surface area contributed by atoms with Gasteiger partial charge in [0.05, 0.1) is 24.6 Å². The highest BCUT2D eigenvalue weighted by atomic mass is 32.2. The van der Waals surface area contributed by atoms with Gasteiger partial charge >= 0.3 is 0 Å². The van der Waals surface area contributed by atoms with Crippen LogP contribution >= 0.6 is 11.8 Å². The van der Waals surface area contributed by atoms with E-state index in [0.717, 1.165) is 48.9 Å². The molecule has 24 heavy (non-hydrogen) atoms. The minimum absolute atomic E-state index is 0.355. The smallest absolute Gasteiger partial charge is 0.152 e. The first kappa shape index (κ1) is 15.5. The molecule has 0 aromatic carbocycles.